The zero-order valence-electron chi connectivity index (χ0n) is 16.1. The van der Waals surface area contributed by atoms with E-state index < -0.39 is 0 Å². The van der Waals surface area contributed by atoms with Gasteiger partial charge in [-0.1, -0.05) is 76.2 Å². The lowest BCUT2D eigenvalue weighted by Crippen LogP contribution is -2.23. The Labute approximate surface area is 156 Å². The molecule has 0 spiro atoms. The third kappa shape index (κ3) is 3.32. The van der Waals surface area contributed by atoms with Crippen LogP contribution in [-0.2, 0) is 10.8 Å². The third-order valence-corrected chi connectivity index (χ3v) is 5.57. The van der Waals surface area contributed by atoms with Crippen molar-refractivity contribution < 1.29 is 0 Å². The number of hydrogen-bond donors (Lipinski definition) is 2. The molecule has 0 amide bonds. The van der Waals surface area contributed by atoms with E-state index in [9.17, 15) is 0 Å². The smallest absolute Gasteiger partial charge is 0.0314 e. The van der Waals surface area contributed by atoms with E-state index in [0.29, 0.717) is 0 Å². The molecule has 0 heterocycles. The van der Waals surface area contributed by atoms with Crippen LogP contribution in [0, 0.1) is 0 Å². The van der Waals surface area contributed by atoms with Crippen molar-refractivity contribution in [3.8, 4) is 0 Å². The van der Waals surface area contributed by atoms with E-state index in [4.69, 9.17) is 11.5 Å². The Morgan fingerprint density at radius 1 is 0.500 bits per heavy atom. The van der Waals surface area contributed by atoms with E-state index in [1.165, 1.54) is 22.3 Å². The summed E-state index contributed by atoms with van der Waals surface area (Å²) >= 11 is 0. The molecule has 0 fully saturated rings. The van der Waals surface area contributed by atoms with E-state index >= 15 is 0 Å². The average Bonchev–Trinajstić information content (AvgIpc) is 2.62. The number of hydrogen-bond acceptors (Lipinski definition) is 2. The van der Waals surface area contributed by atoms with Gasteiger partial charge in [-0.3, -0.25) is 0 Å². The topological polar surface area (TPSA) is 52.0 Å². The Bertz CT molecular complexity index is 816. The normalized spacial score (nSPS) is 12.2. The lowest BCUT2D eigenvalue weighted by molar-refractivity contribution is 0.617. The van der Waals surface area contributed by atoms with Crippen molar-refractivity contribution in [2.24, 2.45) is 0 Å². The molecule has 134 valence electrons. The molecule has 0 aliphatic rings. The number of benzene rings is 3. The van der Waals surface area contributed by atoms with Crippen molar-refractivity contribution >= 4 is 11.4 Å². The van der Waals surface area contributed by atoms with Gasteiger partial charge in [0.25, 0.3) is 0 Å². The molecule has 0 radical (unpaired) electrons. The first-order valence-corrected chi connectivity index (χ1v) is 9.04. The van der Waals surface area contributed by atoms with Crippen LogP contribution in [-0.4, -0.2) is 0 Å². The van der Waals surface area contributed by atoms with E-state index in [-0.39, 0.29) is 10.8 Å². The molecule has 0 saturated heterocycles. The highest BCUT2D eigenvalue weighted by Crippen LogP contribution is 2.37. The van der Waals surface area contributed by atoms with Crippen molar-refractivity contribution in [3.05, 3.63) is 95.1 Å². The maximum Gasteiger partial charge on any atom is 0.0314 e. The first-order valence-electron chi connectivity index (χ1n) is 9.04. The van der Waals surface area contributed by atoms with Gasteiger partial charge in [0.2, 0.25) is 0 Å². The van der Waals surface area contributed by atoms with E-state index in [1.54, 1.807) is 0 Å². The van der Waals surface area contributed by atoms with Gasteiger partial charge in [-0.2, -0.15) is 0 Å². The van der Waals surface area contributed by atoms with Gasteiger partial charge < -0.3 is 11.5 Å². The van der Waals surface area contributed by atoms with Gasteiger partial charge in [-0.25, -0.2) is 0 Å². The van der Waals surface area contributed by atoms with Gasteiger partial charge in [0.05, 0.1) is 0 Å². The predicted molar refractivity (Wildman–Crippen MR) is 112 cm³/mol. The number of nitrogens with two attached hydrogens (primary N) is 2. The summed E-state index contributed by atoms with van der Waals surface area (Å²) in [5.74, 6) is 0. The summed E-state index contributed by atoms with van der Waals surface area (Å²) in [5, 5.41) is 0. The lowest BCUT2D eigenvalue weighted by Gasteiger charge is -2.31. The Hall–Kier alpha value is -2.74. The van der Waals surface area contributed by atoms with Gasteiger partial charge in [0, 0.05) is 22.2 Å². The van der Waals surface area contributed by atoms with Crippen LogP contribution in [0.15, 0.2) is 72.8 Å². The fourth-order valence-electron chi connectivity index (χ4n) is 3.43. The molecule has 4 N–H and O–H groups in total. The van der Waals surface area contributed by atoms with Crippen molar-refractivity contribution in [1.82, 2.24) is 0 Å². The maximum atomic E-state index is 5.86. The minimum Gasteiger partial charge on any atom is -0.399 e. The molecular weight excluding hydrogens is 316 g/mol. The summed E-state index contributed by atoms with van der Waals surface area (Å²) in [6.45, 7) is 9.03. The molecule has 0 atom stereocenters. The SMILES string of the molecule is CC(C)(c1ccc(N)cc1)c1cccc(C(C)(C)c2ccc(N)cc2)c1. The second-order valence-electron chi connectivity index (χ2n) is 8.07. The van der Waals surface area contributed by atoms with E-state index in [2.05, 4.69) is 76.2 Å². The third-order valence-electron chi connectivity index (χ3n) is 5.57. The number of nitrogen functional groups attached to an aromatic ring is 2. The maximum absolute atomic E-state index is 5.86. The molecule has 2 nitrogen and oxygen atoms in total. The standard InChI is InChI=1S/C24H28N2/c1-23(2,17-8-12-21(25)13-9-17)19-6-5-7-20(16-19)24(3,4)18-10-14-22(26)15-11-18/h5-16H,25-26H2,1-4H3. The highest BCUT2D eigenvalue weighted by Gasteiger charge is 2.27. The van der Waals surface area contributed by atoms with Gasteiger partial charge >= 0.3 is 0 Å². The van der Waals surface area contributed by atoms with Gasteiger partial charge in [-0.15, -0.1) is 0 Å². The number of anilines is 2. The zero-order valence-corrected chi connectivity index (χ0v) is 16.1. The quantitative estimate of drug-likeness (QED) is 0.614. The largest absolute Gasteiger partial charge is 0.399 e. The Morgan fingerprint density at radius 3 is 1.19 bits per heavy atom. The van der Waals surface area contributed by atoms with Crippen molar-refractivity contribution in [2.45, 2.75) is 38.5 Å². The molecule has 0 aliphatic heterocycles. The summed E-state index contributed by atoms with van der Waals surface area (Å²) in [6.07, 6.45) is 0. The first kappa shape index (κ1) is 18.1. The Kier molecular flexibility index (Phi) is 4.53. The molecule has 26 heavy (non-hydrogen) atoms. The van der Waals surface area contributed by atoms with Crippen molar-refractivity contribution in [3.63, 3.8) is 0 Å². The van der Waals surface area contributed by atoms with Crippen LogP contribution in [0.2, 0.25) is 0 Å². The molecule has 0 saturated carbocycles. The fraction of sp³-hybridized carbons (Fsp3) is 0.250. The minimum atomic E-state index is -0.0963. The molecular formula is C24H28N2. The average molecular weight is 345 g/mol. The summed E-state index contributed by atoms with van der Waals surface area (Å²) < 4.78 is 0. The summed E-state index contributed by atoms with van der Waals surface area (Å²) in [7, 11) is 0. The Morgan fingerprint density at radius 2 is 0.846 bits per heavy atom. The molecule has 0 aliphatic carbocycles. The molecule has 3 rings (SSSR count). The summed E-state index contributed by atoms with van der Waals surface area (Å²) in [5.41, 5.74) is 18.2. The van der Waals surface area contributed by atoms with Gasteiger partial charge in [0.15, 0.2) is 0 Å². The predicted octanol–water partition coefficient (Wildman–Crippen LogP) is 5.50. The van der Waals surface area contributed by atoms with Crippen LogP contribution in [0.4, 0.5) is 11.4 Å². The van der Waals surface area contributed by atoms with Crippen molar-refractivity contribution in [1.29, 1.82) is 0 Å². The van der Waals surface area contributed by atoms with Crippen molar-refractivity contribution in [2.75, 3.05) is 11.5 Å². The van der Waals surface area contributed by atoms with E-state index in [0.717, 1.165) is 11.4 Å². The lowest BCUT2D eigenvalue weighted by atomic mass is 9.73. The van der Waals surface area contributed by atoms with Crippen LogP contribution in [0.25, 0.3) is 0 Å². The molecule has 0 aromatic heterocycles. The van der Waals surface area contributed by atoms with Crippen LogP contribution in [0.5, 0.6) is 0 Å². The Balaban J connectivity index is 2.02. The second kappa shape index (κ2) is 6.53. The van der Waals surface area contributed by atoms with E-state index in [1.807, 2.05) is 24.3 Å². The number of rotatable bonds is 4. The van der Waals surface area contributed by atoms with Gasteiger partial charge in [0.1, 0.15) is 0 Å². The minimum absolute atomic E-state index is 0.0963. The van der Waals surface area contributed by atoms with Crippen LogP contribution in [0.1, 0.15) is 49.9 Å². The van der Waals surface area contributed by atoms with Gasteiger partial charge in [-0.05, 0) is 46.5 Å². The highest BCUT2D eigenvalue weighted by molar-refractivity contribution is 5.49. The van der Waals surface area contributed by atoms with Crippen LogP contribution < -0.4 is 11.5 Å². The zero-order chi connectivity index (χ0) is 18.9. The molecule has 2 heteroatoms. The molecule has 0 bridgehead atoms. The molecule has 3 aromatic carbocycles. The molecule has 0 unspecified atom stereocenters. The summed E-state index contributed by atoms with van der Waals surface area (Å²) in [6, 6.07) is 25.3. The van der Waals surface area contributed by atoms with Crippen LogP contribution in [0.3, 0.4) is 0 Å². The monoisotopic (exact) mass is 344 g/mol. The first-order chi connectivity index (χ1) is 12.2. The molecule has 3 aromatic rings. The van der Waals surface area contributed by atoms with Crippen LogP contribution >= 0.6 is 0 Å². The highest BCUT2D eigenvalue weighted by atomic mass is 14.5. The fourth-order valence-corrected chi connectivity index (χ4v) is 3.43. The summed E-state index contributed by atoms with van der Waals surface area (Å²) in [4.78, 5) is 0. The second-order valence-corrected chi connectivity index (χ2v) is 8.07.